The first kappa shape index (κ1) is 9.25. The quantitative estimate of drug-likeness (QED) is 0.647. The van der Waals surface area contributed by atoms with Crippen molar-refractivity contribution in [3.05, 3.63) is 42.0 Å². The molecule has 0 heterocycles. The van der Waals surface area contributed by atoms with E-state index in [1.54, 1.807) is 6.07 Å². The summed E-state index contributed by atoms with van der Waals surface area (Å²) >= 11 is 0. The Kier molecular flexibility index (Phi) is 2.27. The summed E-state index contributed by atoms with van der Waals surface area (Å²) < 4.78 is 0. The van der Waals surface area contributed by atoms with Crippen molar-refractivity contribution in [2.75, 3.05) is 0 Å². The zero-order valence-corrected chi connectivity index (χ0v) is 7.94. The van der Waals surface area contributed by atoms with Gasteiger partial charge in [0.2, 0.25) is 0 Å². The van der Waals surface area contributed by atoms with Crippen LogP contribution in [-0.2, 0) is 0 Å². The second kappa shape index (κ2) is 3.44. The molecule has 0 bridgehead atoms. The van der Waals surface area contributed by atoms with Crippen LogP contribution in [0.4, 0.5) is 0 Å². The Hall–Kier alpha value is -1.32. The van der Waals surface area contributed by atoms with Gasteiger partial charge >= 0.3 is 7.12 Å². The van der Waals surface area contributed by atoms with Gasteiger partial charge in [-0.1, -0.05) is 36.4 Å². The summed E-state index contributed by atoms with van der Waals surface area (Å²) in [6, 6.07) is 11.5. The molecule has 0 saturated carbocycles. The van der Waals surface area contributed by atoms with Crippen LogP contribution in [0.15, 0.2) is 36.4 Å². The molecular formula is C11H11BO2. The molecule has 0 amide bonds. The van der Waals surface area contributed by atoms with Crippen molar-refractivity contribution in [3.8, 4) is 0 Å². The molecule has 0 atom stereocenters. The average molecular weight is 186 g/mol. The molecule has 0 aliphatic carbocycles. The second-order valence-electron chi connectivity index (χ2n) is 3.43. The van der Waals surface area contributed by atoms with Crippen LogP contribution in [-0.4, -0.2) is 17.2 Å². The predicted octanol–water partition coefficient (Wildman–Crippen LogP) is 0.828. The summed E-state index contributed by atoms with van der Waals surface area (Å²) in [4.78, 5) is 0. The van der Waals surface area contributed by atoms with Crippen molar-refractivity contribution >= 4 is 23.4 Å². The van der Waals surface area contributed by atoms with Crippen molar-refractivity contribution in [3.63, 3.8) is 0 Å². The molecule has 0 spiro atoms. The fourth-order valence-corrected chi connectivity index (χ4v) is 1.61. The fraction of sp³-hybridized carbons (Fsp3) is 0.0909. The van der Waals surface area contributed by atoms with E-state index in [4.69, 9.17) is 10.0 Å². The molecule has 0 aromatic heterocycles. The van der Waals surface area contributed by atoms with Crippen molar-refractivity contribution in [1.82, 2.24) is 0 Å². The van der Waals surface area contributed by atoms with Gasteiger partial charge in [0.15, 0.2) is 0 Å². The van der Waals surface area contributed by atoms with Crippen LogP contribution in [0.3, 0.4) is 0 Å². The lowest BCUT2D eigenvalue weighted by Crippen LogP contribution is -2.29. The lowest BCUT2D eigenvalue weighted by Gasteiger charge is -2.04. The summed E-state index contributed by atoms with van der Waals surface area (Å²) in [5, 5.41) is 20.2. The van der Waals surface area contributed by atoms with Gasteiger partial charge in [-0.25, -0.2) is 0 Å². The lowest BCUT2D eigenvalue weighted by molar-refractivity contribution is 0.426. The molecule has 3 heteroatoms. The summed E-state index contributed by atoms with van der Waals surface area (Å²) in [6.45, 7) is 2.01. The maximum Gasteiger partial charge on any atom is 0.488 e. The smallest absolute Gasteiger partial charge is 0.423 e. The number of fused-ring (bicyclic) bond motifs is 1. The molecule has 0 radical (unpaired) electrons. The molecule has 0 aliphatic rings. The van der Waals surface area contributed by atoms with Gasteiger partial charge in [0.25, 0.3) is 0 Å². The zero-order chi connectivity index (χ0) is 10.1. The van der Waals surface area contributed by atoms with Crippen molar-refractivity contribution in [1.29, 1.82) is 0 Å². The van der Waals surface area contributed by atoms with E-state index in [2.05, 4.69) is 0 Å². The Bertz CT molecular complexity index is 466. The van der Waals surface area contributed by atoms with Crippen LogP contribution in [0.25, 0.3) is 10.8 Å². The first-order valence-corrected chi connectivity index (χ1v) is 4.54. The van der Waals surface area contributed by atoms with Crippen molar-refractivity contribution < 1.29 is 10.0 Å². The van der Waals surface area contributed by atoms with Gasteiger partial charge in [0.1, 0.15) is 0 Å². The number of hydrogen-bond acceptors (Lipinski definition) is 2. The predicted molar refractivity (Wildman–Crippen MR) is 58.5 cm³/mol. The van der Waals surface area contributed by atoms with E-state index < -0.39 is 7.12 Å². The van der Waals surface area contributed by atoms with Crippen molar-refractivity contribution in [2.45, 2.75) is 6.92 Å². The Morgan fingerprint density at radius 2 is 1.86 bits per heavy atom. The van der Waals surface area contributed by atoms with Gasteiger partial charge < -0.3 is 10.0 Å². The highest BCUT2D eigenvalue weighted by Gasteiger charge is 2.10. The second-order valence-corrected chi connectivity index (χ2v) is 3.43. The van der Waals surface area contributed by atoms with Crippen LogP contribution >= 0.6 is 0 Å². The first-order chi connectivity index (χ1) is 6.68. The molecule has 0 fully saturated rings. The number of aryl methyl sites for hydroxylation is 1. The largest absolute Gasteiger partial charge is 0.488 e. The molecule has 2 N–H and O–H groups in total. The van der Waals surface area contributed by atoms with Crippen LogP contribution in [0.5, 0.6) is 0 Å². The molecule has 2 rings (SSSR count). The van der Waals surface area contributed by atoms with Crippen LogP contribution in [0.2, 0.25) is 0 Å². The molecule has 0 aliphatic heterocycles. The monoisotopic (exact) mass is 186 g/mol. The Labute approximate surface area is 83.0 Å². The van der Waals surface area contributed by atoms with E-state index in [1.165, 1.54) is 0 Å². The van der Waals surface area contributed by atoms with Crippen molar-refractivity contribution in [2.24, 2.45) is 0 Å². The summed E-state index contributed by atoms with van der Waals surface area (Å²) in [6.07, 6.45) is 0. The number of rotatable bonds is 1. The van der Waals surface area contributed by atoms with E-state index in [9.17, 15) is 0 Å². The molecule has 70 valence electrons. The first-order valence-electron chi connectivity index (χ1n) is 4.54. The summed E-state index contributed by atoms with van der Waals surface area (Å²) in [7, 11) is -1.39. The van der Waals surface area contributed by atoms with E-state index in [1.807, 2.05) is 37.3 Å². The minimum Gasteiger partial charge on any atom is -0.423 e. The lowest BCUT2D eigenvalue weighted by atomic mass is 9.79. The van der Waals surface area contributed by atoms with Gasteiger partial charge in [-0.2, -0.15) is 0 Å². The van der Waals surface area contributed by atoms with Gasteiger partial charge in [-0.15, -0.1) is 0 Å². The fourth-order valence-electron chi connectivity index (χ4n) is 1.61. The minimum absolute atomic E-state index is 0.534. The highest BCUT2D eigenvalue weighted by Crippen LogP contribution is 2.16. The van der Waals surface area contributed by atoms with Gasteiger partial charge in [0.05, 0.1) is 0 Å². The molecular weight excluding hydrogens is 175 g/mol. The molecule has 0 saturated heterocycles. The van der Waals surface area contributed by atoms with Gasteiger partial charge in [0, 0.05) is 0 Å². The SMILES string of the molecule is Cc1cccc2ccc(B(O)O)cc12. The van der Waals surface area contributed by atoms with E-state index in [0.717, 1.165) is 16.3 Å². The third kappa shape index (κ3) is 1.52. The number of hydrogen-bond donors (Lipinski definition) is 2. The van der Waals surface area contributed by atoms with Crippen LogP contribution < -0.4 is 5.46 Å². The summed E-state index contributed by atoms with van der Waals surface area (Å²) in [5.74, 6) is 0. The van der Waals surface area contributed by atoms with Gasteiger partial charge in [-0.3, -0.25) is 0 Å². The Morgan fingerprint density at radius 3 is 2.57 bits per heavy atom. The molecule has 2 nitrogen and oxygen atoms in total. The topological polar surface area (TPSA) is 40.5 Å². The number of benzene rings is 2. The van der Waals surface area contributed by atoms with E-state index in [0.29, 0.717) is 5.46 Å². The Balaban J connectivity index is 2.70. The molecule has 0 unspecified atom stereocenters. The van der Waals surface area contributed by atoms with E-state index in [-0.39, 0.29) is 0 Å². The highest BCUT2D eigenvalue weighted by molar-refractivity contribution is 6.58. The zero-order valence-electron chi connectivity index (χ0n) is 7.94. The highest BCUT2D eigenvalue weighted by atomic mass is 16.4. The Morgan fingerprint density at radius 1 is 1.07 bits per heavy atom. The molecule has 14 heavy (non-hydrogen) atoms. The van der Waals surface area contributed by atoms with E-state index >= 15 is 0 Å². The molecule has 2 aromatic carbocycles. The maximum atomic E-state index is 9.03. The van der Waals surface area contributed by atoms with Crippen LogP contribution in [0, 0.1) is 6.92 Å². The average Bonchev–Trinajstić information content (AvgIpc) is 2.18. The van der Waals surface area contributed by atoms with Crippen LogP contribution in [0.1, 0.15) is 5.56 Å². The standard InChI is InChI=1S/C11H11BO2/c1-8-3-2-4-9-5-6-10(12(13)14)7-11(8)9/h2-7,13-14H,1H3. The summed E-state index contributed by atoms with van der Waals surface area (Å²) in [5.41, 5.74) is 1.68. The normalized spacial score (nSPS) is 10.5. The maximum absolute atomic E-state index is 9.03. The third-order valence-electron chi connectivity index (χ3n) is 2.42. The minimum atomic E-state index is -1.39. The molecule has 2 aromatic rings. The van der Waals surface area contributed by atoms with Gasteiger partial charge in [-0.05, 0) is 28.7 Å². The third-order valence-corrected chi connectivity index (χ3v) is 2.42.